The number of benzene rings is 1. The topological polar surface area (TPSA) is 54.5 Å². The second-order valence-corrected chi connectivity index (χ2v) is 6.10. The summed E-state index contributed by atoms with van der Waals surface area (Å²) in [6, 6.07) is 1.41. The van der Waals surface area contributed by atoms with Gasteiger partial charge in [0.15, 0.2) is 5.82 Å². The first-order chi connectivity index (χ1) is 10.4. The number of aromatic amines is 1. The number of fused-ring (bicyclic) bond motifs is 1. The van der Waals surface area contributed by atoms with E-state index in [-0.39, 0.29) is 11.2 Å². The summed E-state index contributed by atoms with van der Waals surface area (Å²) in [5.74, 6) is 0.340. The Balaban J connectivity index is 2.43. The third-order valence-electron chi connectivity index (χ3n) is 3.43. The molecule has 0 fully saturated rings. The van der Waals surface area contributed by atoms with E-state index >= 15 is 0 Å². The Morgan fingerprint density at radius 3 is 2.64 bits per heavy atom. The highest BCUT2D eigenvalue weighted by atomic mass is 35.5. The molecule has 3 rings (SSSR count). The first kappa shape index (κ1) is 15.2. The van der Waals surface area contributed by atoms with Gasteiger partial charge >= 0.3 is 0 Å². The fourth-order valence-corrected chi connectivity index (χ4v) is 2.92. The van der Waals surface area contributed by atoms with Gasteiger partial charge in [0.25, 0.3) is 0 Å². The minimum Gasteiger partial charge on any atom is -0.342 e. The van der Waals surface area contributed by atoms with Crippen LogP contribution in [0.3, 0.4) is 0 Å². The normalized spacial score (nSPS) is 11.6. The van der Waals surface area contributed by atoms with Crippen molar-refractivity contribution < 1.29 is 4.39 Å². The Morgan fingerprint density at radius 1 is 1.23 bits per heavy atom. The number of imidazole rings is 1. The van der Waals surface area contributed by atoms with Gasteiger partial charge in [-0.3, -0.25) is 0 Å². The lowest BCUT2D eigenvalue weighted by Crippen LogP contribution is -1.99. The molecule has 2 heterocycles. The van der Waals surface area contributed by atoms with Crippen molar-refractivity contribution >= 4 is 34.2 Å². The van der Waals surface area contributed by atoms with Crippen LogP contribution >= 0.6 is 23.2 Å². The predicted octanol–water partition coefficient (Wildman–Crippen LogP) is 4.90. The molecule has 2 aromatic heterocycles. The quantitative estimate of drug-likeness (QED) is 0.676. The maximum atomic E-state index is 14.4. The van der Waals surface area contributed by atoms with Crippen molar-refractivity contribution in [2.45, 2.75) is 26.7 Å². The maximum absolute atomic E-state index is 14.4. The maximum Gasteiger partial charge on any atom is 0.222 e. The monoisotopic (exact) mass is 338 g/mol. The van der Waals surface area contributed by atoms with Gasteiger partial charge in [-0.15, -0.1) is 0 Å². The average molecular weight is 339 g/mol. The van der Waals surface area contributed by atoms with Gasteiger partial charge in [0, 0.05) is 5.56 Å². The number of H-pyrrole nitrogens is 1. The SMILES string of the molecule is Cc1nc2c(F)cc(-c3nc(Cl)ncc3Cl)c(C(C)C)c2[nH]1. The molecule has 7 heteroatoms. The van der Waals surface area contributed by atoms with Crippen molar-refractivity contribution in [2.75, 3.05) is 0 Å². The van der Waals surface area contributed by atoms with Crippen molar-refractivity contribution in [3.05, 3.63) is 39.8 Å². The molecule has 3 aromatic rings. The highest BCUT2D eigenvalue weighted by Gasteiger charge is 2.21. The molecule has 22 heavy (non-hydrogen) atoms. The van der Waals surface area contributed by atoms with Crippen LogP contribution in [0.4, 0.5) is 4.39 Å². The lowest BCUT2D eigenvalue weighted by atomic mass is 9.93. The van der Waals surface area contributed by atoms with Crippen LogP contribution in [0.1, 0.15) is 31.2 Å². The number of nitrogens with zero attached hydrogens (tertiary/aromatic N) is 3. The van der Waals surface area contributed by atoms with Crippen molar-refractivity contribution in [1.82, 2.24) is 19.9 Å². The van der Waals surface area contributed by atoms with Gasteiger partial charge in [-0.1, -0.05) is 25.4 Å². The first-order valence-electron chi connectivity index (χ1n) is 6.75. The van der Waals surface area contributed by atoms with Crippen molar-refractivity contribution in [2.24, 2.45) is 0 Å². The van der Waals surface area contributed by atoms with Crippen LogP contribution in [-0.4, -0.2) is 19.9 Å². The zero-order chi connectivity index (χ0) is 16.0. The molecule has 0 radical (unpaired) electrons. The molecule has 0 aliphatic heterocycles. The van der Waals surface area contributed by atoms with Gasteiger partial charge in [0.1, 0.15) is 11.3 Å². The summed E-state index contributed by atoms with van der Waals surface area (Å²) in [6.45, 7) is 5.82. The fraction of sp³-hybridized carbons (Fsp3) is 0.267. The number of halogens is 3. The van der Waals surface area contributed by atoms with E-state index in [4.69, 9.17) is 23.2 Å². The lowest BCUT2D eigenvalue weighted by Gasteiger charge is -2.15. The summed E-state index contributed by atoms with van der Waals surface area (Å²) in [5, 5.41) is 0.386. The number of rotatable bonds is 2. The highest BCUT2D eigenvalue weighted by Crippen LogP contribution is 2.37. The standard InChI is InChI=1S/C15H13Cl2FN4/c1-6(2)11-8(12-9(16)5-19-15(17)22-12)4-10(18)13-14(11)21-7(3)20-13/h4-6H,1-3H3,(H,20,21). The number of hydrogen-bond donors (Lipinski definition) is 1. The van der Waals surface area contributed by atoms with E-state index in [0.29, 0.717) is 33.1 Å². The van der Waals surface area contributed by atoms with E-state index in [1.165, 1.54) is 12.3 Å². The van der Waals surface area contributed by atoms with Crippen LogP contribution in [-0.2, 0) is 0 Å². The molecular weight excluding hydrogens is 326 g/mol. The van der Waals surface area contributed by atoms with Gasteiger partial charge < -0.3 is 4.98 Å². The number of aryl methyl sites for hydroxylation is 1. The Bertz CT molecular complexity index is 874. The zero-order valence-corrected chi connectivity index (χ0v) is 13.7. The molecule has 0 spiro atoms. The predicted molar refractivity (Wildman–Crippen MR) is 85.9 cm³/mol. The molecular formula is C15H13Cl2FN4. The summed E-state index contributed by atoms with van der Waals surface area (Å²) in [6.07, 6.45) is 1.41. The molecule has 0 amide bonds. The van der Waals surface area contributed by atoms with Gasteiger partial charge in [-0.05, 0) is 36.1 Å². The molecule has 0 saturated heterocycles. The lowest BCUT2D eigenvalue weighted by molar-refractivity contribution is 0.636. The molecule has 4 nitrogen and oxygen atoms in total. The minimum absolute atomic E-state index is 0.0652. The molecule has 0 bridgehead atoms. The zero-order valence-electron chi connectivity index (χ0n) is 12.2. The second-order valence-electron chi connectivity index (χ2n) is 5.36. The molecule has 114 valence electrons. The second kappa shape index (κ2) is 5.48. The smallest absolute Gasteiger partial charge is 0.222 e. The third kappa shape index (κ3) is 2.44. The van der Waals surface area contributed by atoms with E-state index in [1.807, 2.05) is 13.8 Å². The van der Waals surface area contributed by atoms with Crippen molar-refractivity contribution in [3.8, 4) is 11.3 Å². The van der Waals surface area contributed by atoms with Gasteiger partial charge in [0.2, 0.25) is 5.28 Å². The van der Waals surface area contributed by atoms with Crippen molar-refractivity contribution in [3.63, 3.8) is 0 Å². The van der Waals surface area contributed by atoms with Crippen LogP contribution in [0.2, 0.25) is 10.3 Å². The molecule has 1 N–H and O–H groups in total. The average Bonchev–Trinajstić information content (AvgIpc) is 2.82. The molecule has 0 saturated carbocycles. The third-order valence-corrected chi connectivity index (χ3v) is 3.88. The summed E-state index contributed by atoms with van der Waals surface area (Å²) >= 11 is 12.1. The molecule has 0 aliphatic carbocycles. The molecule has 1 aromatic carbocycles. The summed E-state index contributed by atoms with van der Waals surface area (Å²) in [4.78, 5) is 15.3. The molecule has 0 atom stereocenters. The van der Waals surface area contributed by atoms with E-state index in [0.717, 1.165) is 5.56 Å². The Hall–Kier alpha value is -1.72. The Kier molecular flexibility index (Phi) is 3.78. The van der Waals surface area contributed by atoms with Crippen LogP contribution in [0.5, 0.6) is 0 Å². The summed E-state index contributed by atoms with van der Waals surface area (Å²) in [5.41, 5.74) is 2.89. The number of hydrogen-bond acceptors (Lipinski definition) is 3. The van der Waals surface area contributed by atoms with E-state index in [2.05, 4.69) is 19.9 Å². The van der Waals surface area contributed by atoms with Gasteiger partial charge in [-0.25, -0.2) is 19.3 Å². The fourth-order valence-electron chi connectivity index (χ4n) is 2.60. The van der Waals surface area contributed by atoms with E-state index in [9.17, 15) is 4.39 Å². The van der Waals surface area contributed by atoms with Crippen molar-refractivity contribution in [1.29, 1.82) is 0 Å². The number of aromatic nitrogens is 4. The first-order valence-corrected chi connectivity index (χ1v) is 7.51. The Labute approximate surface area is 136 Å². The van der Waals surface area contributed by atoms with Gasteiger partial charge in [-0.2, -0.15) is 0 Å². The van der Waals surface area contributed by atoms with Crippen LogP contribution in [0.25, 0.3) is 22.3 Å². The van der Waals surface area contributed by atoms with Crippen LogP contribution in [0.15, 0.2) is 12.3 Å². The number of nitrogens with one attached hydrogen (secondary N) is 1. The molecule has 0 unspecified atom stereocenters. The van der Waals surface area contributed by atoms with E-state index < -0.39 is 5.82 Å². The Morgan fingerprint density at radius 2 is 1.95 bits per heavy atom. The minimum atomic E-state index is -0.426. The highest BCUT2D eigenvalue weighted by molar-refractivity contribution is 6.33. The largest absolute Gasteiger partial charge is 0.342 e. The van der Waals surface area contributed by atoms with Crippen LogP contribution < -0.4 is 0 Å². The summed E-state index contributed by atoms with van der Waals surface area (Å²) in [7, 11) is 0. The molecule has 0 aliphatic rings. The van der Waals surface area contributed by atoms with E-state index in [1.54, 1.807) is 6.92 Å². The van der Waals surface area contributed by atoms with Gasteiger partial charge in [0.05, 0.1) is 22.4 Å². The van der Waals surface area contributed by atoms with Crippen LogP contribution in [0, 0.1) is 12.7 Å². The summed E-state index contributed by atoms with van der Waals surface area (Å²) < 4.78 is 14.4.